The Hall–Kier alpha value is -2.37. The summed E-state index contributed by atoms with van der Waals surface area (Å²) in [7, 11) is 0. The Bertz CT molecular complexity index is 859. The van der Waals surface area contributed by atoms with Crippen molar-refractivity contribution in [3.8, 4) is 5.75 Å². The minimum absolute atomic E-state index is 0.0335. The Morgan fingerprint density at radius 2 is 1.70 bits per heavy atom. The lowest BCUT2D eigenvalue weighted by Crippen LogP contribution is -2.39. The van der Waals surface area contributed by atoms with Crippen molar-refractivity contribution >= 4 is 23.4 Å². The molecule has 0 radical (unpaired) electrons. The summed E-state index contributed by atoms with van der Waals surface area (Å²) in [6.07, 6.45) is -0.997. The Labute approximate surface area is 163 Å². The number of carbonyl (C=O) groups excluding carboxylic acids is 2. The molecular weight excluding hydrogens is 366 g/mol. The van der Waals surface area contributed by atoms with Crippen LogP contribution in [0.3, 0.4) is 0 Å². The molecule has 6 heteroatoms. The number of aryl methyl sites for hydroxylation is 1. The van der Waals surface area contributed by atoms with Gasteiger partial charge in [-0.15, -0.1) is 0 Å². The van der Waals surface area contributed by atoms with Crippen LogP contribution in [0.25, 0.3) is 0 Å². The molecule has 1 heterocycles. The van der Waals surface area contributed by atoms with Crippen molar-refractivity contribution in [2.24, 2.45) is 0 Å². The minimum Gasteiger partial charge on any atom is -0.491 e. The molecule has 0 unspecified atom stereocenters. The molecule has 1 atom stereocenters. The summed E-state index contributed by atoms with van der Waals surface area (Å²) in [6, 6.07) is 10.4. The number of carbonyl (C=O) groups is 2. The van der Waals surface area contributed by atoms with Gasteiger partial charge in [-0.3, -0.25) is 14.5 Å². The molecule has 0 saturated heterocycles. The number of aliphatic hydroxyl groups excluding tert-OH is 1. The van der Waals surface area contributed by atoms with Crippen molar-refractivity contribution in [3.63, 3.8) is 0 Å². The first-order chi connectivity index (χ1) is 12.8. The van der Waals surface area contributed by atoms with Gasteiger partial charge in [0.05, 0.1) is 17.7 Å². The molecule has 2 aromatic carbocycles. The number of fused-ring (bicyclic) bond motifs is 1. The predicted octanol–water partition coefficient (Wildman–Crippen LogP) is 3.81. The number of benzene rings is 2. The number of imide groups is 1. The number of amides is 2. The van der Waals surface area contributed by atoms with Gasteiger partial charge in [-0.05, 0) is 48.2 Å². The maximum Gasteiger partial charge on any atom is 0.261 e. The Balaban J connectivity index is 1.68. The fourth-order valence-electron chi connectivity index (χ4n) is 3.10. The fourth-order valence-corrected chi connectivity index (χ4v) is 3.27. The summed E-state index contributed by atoms with van der Waals surface area (Å²) in [5.41, 5.74) is 2.56. The average Bonchev–Trinajstić information content (AvgIpc) is 2.87. The molecule has 0 fully saturated rings. The first kappa shape index (κ1) is 19.4. The van der Waals surface area contributed by atoms with Crippen LogP contribution >= 0.6 is 11.6 Å². The third-order valence-electron chi connectivity index (χ3n) is 4.62. The second kappa shape index (κ2) is 7.71. The first-order valence-corrected chi connectivity index (χ1v) is 9.23. The molecule has 3 rings (SSSR count). The van der Waals surface area contributed by atoms with E-state index in [1.54, 1.807) is 24.3 Å². The summed E-state index contributed by atoms with van der Waals surface area (Å²) >= 11 is 6.20. The van der Waals surface area contributed by atoms with Gasteiger partial charge in [0.1, 0.15) is 18.5 Å². The van der Waals surface area contributed by atoms with Crippen LogP contribution in [0.5, 0.6) is 5.75 Å². The van der Waals surface area contributed by atoms with E-state index >= 15 is 0 Å². The van der Waals surface area contributed by atoms with Crippen LogP contribution in [-0.4, -0.2) is 41.1 Å². The fraction of sp³-hybridized carbons (Fsp3) is 0.333. The molecule has 0 aromatic heterocycles. The Morgan fingerprint density at radius 1 is 1.11 bits per heavy atom. The zero-order valence-corrected chi connectivity index (χ0v) is 16.3. The van der Waals surface area contributed by atoms with Gasteiger partial charge in [-0.25, -0.2) is 0 Å². The van der Waals surface area contributed by atoms with E-state index in [9.17, 15) is 14.7 Å². The summed E-state index contributed by atoms with van der Waals surface area (Å²) in [6.45, 7) is 5.80. The second-order valence-electron chi connectivity index (χ2n) is 7.03. The molecule has 0 saturated carbocycles. The molecule has 2 aromatic rings. The summed E-state index contributed by atoms with van der Waals surface area (Å²) in [5.74, 6) is 0.0690. The van der Waals surface area contributed by atoms with Crippen molar-refractivity contribution in [2.75, 3.05) is 13.2 Å². The van der Waals surface area contributed by atoms with Crippen LogP contribution in [-0.2, 0) is 0 Å². The van der Waals surface area contributed by atoms with Crippen molar-refractivity contribution in [1.29, 1.82) is 0 Å². The molecule has 0 aliphatic carbocycles. The predicted molar refractivity (Wildman–Crippen MR) is 104 cm³/mol. The van der Waals surface area contributed by atoms with Crippen LogP contribution in [0.4, 0.5) is 0 Å². The Morgan fingerprint density at radius 3 is 2.26 bits per heavy atom. The smallest absolute Gasteiger partial charge is 0.261 e. The topological polar surface area (TPSA) is 66.8 Å². The quantitative estimate of drug-likeness (QED) is 0.765. The number of hydrogen-bond acceptors (Lipinski definition) is 4. The molecule has 1 aliphatic heterocycles. The first-order valence-electron chi connectivity index (χ1n) is 8.85. The van der Waals surface area contributed by atoms with Gasteiger partial charge < -0.3 is 9.84 Å². The standard InChI is InChI=1S/C21H22ClNO4/c1-12(2)17-9-18(22)13(3)8-19(17)27-11-14(24)10-23-20(25)15-6-4-5-7-16(15)21(23)26/h4-9,12,14,24H,10-11H2,1-3H3/t14-/m0/s1. The largest absolute Gasteiger partial charge is 0.491 e. The van der Waals surface area contributed by atoms with E-state index in [-0.39, 0.29) is 30.9 Å². The monoisotopic (exact) mass is 387 g/mol. The molecule has 0 bridgehead atoms. The highest BCUT2D eigenvalue weighted by atomic mass is 35.5. The molecule has 27 heavy (non-hydrogen) atoms. The van der Waals surface area contributed by atoms with Crippen LogP contribution in [0.2, 0.25) is 5.02 Å². The molecule has 0 spiro atoms. The van der Waals surface area contributed by atoms with Crippen LogP contribution in [0, 0.1) is 6.92 Å². The molecule has 1 N–H and O–H groups in total. The second-order valence-corrected chi connectivity index (χ2v) is 7.43. The van der Waals surface area contributed by atoms with Gasteiger partial charge in [0, 0.05) is 5.02 Å². The van der Waals surface area contributed by atoms with Crippen molar-refractivity contribution in [2.45, 2.75) is 32.8 Å². The average molecular weight is 388 g/mol. The highest BCUT2D eigenvalue weighted by Crippen LogP contribution is 2.32. The minimum atomic E-state index is -0.997. The third kappa shape index (κ3) is 3.84. The van der Waals surface area contributed by atoms with Crippen molar-refractivity contribution in [3.05, 3.63) is 63.7 Å². The number of aliphatic hydroxyl groups is 1. The number of nitrogens with zero attached hydrogens (tertiary/aromatic N) is 1. The van der Waals surface area contributed by atoms with E-state index in [1.165, 1.54) is 0 Å². The lowest BCUT2D eigenvalue weighted by molar-refractivity contribution is 0.0455. The summed E-state index contributed by atoms with van der Waals surface area (Å²) in [4.78, 5) is 25.8. The van der Waals surface area contributed by atoms with Gasteiger partial charge in [-0.1, -0.05) is 37.6 Å². The normalized spacial score (nSPS) is 14.7. The molecular formula is C21H22ClNO4. The van der Waals surface area contributed by atoms with E-state index in [2.05, 4.69) is 0 Å². The van der Waals surface area contributed by atoms with Gasteiger partial charge in [0.15, 0.2) is 0 Å². The van der Waals surface area contributed by atoms with E-state index in [0.717, 1.165) is 16.0 Å². The number of hydrogen-bond donors (Lipinski definition) is 1. The summed E-state index contributed by atoms with van der Waals surface area (Å²) in [5, 5.41) is 11.0. The third-order valence-corrected chi connectivity index (χ3v) is 5.02. The molecule has 1 aliphatic rings. The molecule has 2 amide bonds. The van der Waals surface area contributed by atoms with Crippen LogP contribution in [0.1, 0.15) is 51.6 Å². The lowest BCUT2D eigenvalue weighted by Gasteiger charge is -2.21. The number of rotatable bonds is 6. The van der Waals surface area contributed by atoms with Crippen LogP contribution < -0.4 is 4.74 Å². The van der Waals surface area contributed by atoms with E-state index < -0.39 is 6.10 Å². The van der Waals surface area contributed by atoms with Crippen LogP contribution in [0.15, 0.2) is 36.4 Å². The zero-order valence-electron chi connectivity index (χ0n) is 15.5. The van der Waals surface area contributed by atoms with E-state index in [4.69, 9.17) is 16.3 Å². The lowest BCUT2D eigenvalue weighted by atomic mass is 10.0. The zero-order chi connectivity index (χ0) is 19.7. The van der Waals surface area contributed by atoms with Crippen molar-refractivity contribution < 1.29 is 19.4 Å². The summed E-state index contributed by atoms with van der Waals surface area (Å²) < 4.78 is 5.80. The van der Waals surface area contributed by atoms with Crippen molar-refractivity contribution in [1.82, 2.24) is 4.90 Å². The maximum atomic E-state index is 12.4. The van der Waals surface area contributed by atoms with Gasteiger partial charge >= 0.3 is 0 Å². The maximum absolute atomic E-state index is 12.4. The highest BCUT2D eigenvalue weighted by Gasteiger charge is 2.36. The highest BCUT2D eigenvalue weighted by molar-refractivity contribution is 6.31. The van der Waals surface area contributed by atoms with Gasteiger partial charge in [-0.2, -0.15) is 0 Å². The molecule has 142 valence electrons. The van der Waals surface area contributed by atoms with E-state index in [0.29, 0.717) is 21.9 Å². The number of β-amino-alcohol motifs (C(OH)–C–C–N with tert-alkyl or cyclic N) is 1. The Kier molecular flexibility index (Phi) is 5.53. The van der Waals surface area contributed by atoms with Gasteiger partial charge in [0.25, 0.3) is 11.8 Å². The SMILES string of the molecule is Cc1cc(OC[C@@H](O)CN2C(=O)c3ccccc3C2=O)c(C(C)C)cc1Cl. The van der Waals surface area contributed by atoms with E-state index in [1.807, 2.05) is 32.9 Å². The number of ether oxygens (including phenoxy) is 1. The van der Waals surface area contributed by atoms with Gasteiger partial charge in [0.2, 0.25) is 0 Å². The molecule has 5 nitrogen and oxygen atoms in total. The number of halogens is 1.